The molecular weight excluding hydrogens is 444 g/mol. The standard InChI is InChI=1S/C27H28N4O2S/c1-30-25-24(17-28-23-13-16-34-26(23)25)29-27(30)31(18-20-9-11-22(32-2)12-10-20)14-6-15-33-19-21-7-4-3-5-8-21/h3-5,7-13,16-17H,6,14-15,18-19H2,1-2H3. The number of anilines is 1. The molecule has 0 aliphatic carbocycles. The zero-order valence-electron chi connectivity index (χ0n) is 19.5. The van der Waals surface area contributed by atoms with E-state index in [4.69, 9.17) is 14.5 Å². The van der Waals surface area contributed by atoms with Gasteiger partial charge in [0.25, 0.3) is 0 Å². The Morgan fingerprint density at radius 1 is 0.971 bits per heavy atom. The SMILES string of the molecule is COc1ccc(CN(CCCOCc2ccccc2)c2nc3cnc4ccsc4c3n2C)cc1. The van der Waals surface area contributed by atoms with Gasteiger partial charge in [-0.2, -0.15) is 0 Å². The summed E-state index contributed by atoms with van der Waals surface area (Å²) in [7, 11) is 3.78. The Hall–Kier alpha value is -3.42. The van der Waals surface area contributed by atoms with Crippen LogP contribution in [-0.2, 0) is 24.9 Å². The second kappa shape index (κ2) is 10.2. The molecule has 3 heterocycles. The van der Waals surface area contributed by atoms with Gasteiger partial charge in [0.1, 0.15) is 11.3 Å². The van der Waals surface area contributed by atoms with Crippen molar-refractivity contribution in [1.29, 1.82) is 0 Å². The number of benzene rings is 2. The largest absolute Gasteiger partial charge is 0.497 e. The van der Waals surface area contributed by atoms with Crippen molar-refractivity contribution in [2.75, 3.05) is 25.2 Å². The highest BCUT2D eigenvalue weighted by molar-refractivity contribution is 7.18. The van der Waals surface area contributed by atoms with Gasteiger partial charge in [0.15, 0.2) is 0 Å². The maximum absolute atomic E-state index is 5.94. The minimum absolute atomic E-state index is 0.633. The number of ether oxygens (including phenoxy) is 2. The number of rotatable bonds is 10. The molecule has 2 aromatic carbocycles. The van der Waals surface area contributed by atoms with Crippen LogP contribution >= 0.6 is 11.3 Å². The molecule has 0 saturated carbocycles. The van der Waals surface area contributed by atoms with Gasteiger partial charge in [-0.05, 0) is 41.1 Å². The van der Waals surface area contributed by atoms with Crippen LogP contribution in [0.25, 0.3) is 21.3 Å². The van der Waals surface area contributed by atoms with Crippen LogP contribution in [0.4, 0.5) is 5.95 Å². The van der Waals surface area contributed by atoms with Crippen LogP contribution in [0.2, 0.25) is 0 Å². The normalized spacial score (nSPS) is 11.4. The molecule has 0 bridgehead atoms. The van der Waals surface area contributed by atoms with Crippen molar-refractivity contribution in [2.45, 2.75) is 19.6 Å². The Labute approximate surface area is 203 Å². The average molecular weight is 473 g/mol. The molecule has 6 nitrogen and oxygen atoms in total. The molecule has 0 aliphatic heterocycles. The lowest BCUT2D eigenvalue weighted by Gasteiger charge is -2.24. The number of hydrogen-bond acceptors (Lipinski definition) is 6. The van der Waals surface area contributed by atoms with Gasteiger partial charge in [0, 0.05) is 26.7 Å². The highest BCUT2D eigenvalue weighted by atomic mass is 32.1. The van der Waals surface area contributed by atoms with E-state index in [1.165, 1.54) is 15.8 Å². The fraction of sp³-hybridized carbons (Fsp3) is 0.259. The third kappa shape index (κ3) is 4.76. The zero-order valence-corrected chi connectivity index (χ0v) is 20.3. The van der Waals surface area contributed by atoms with E-state index < -0.39 is 0 Å². The second-order valence-electron chi connectivity index (χ2n) is 8.26. The lowest BCUT2D eigenvalue weighted by molar-refractivity contribution is 0.119. The van der Waals surface area contributed by atoms with E-state index in [0.717, 1.165) is 47.8 Å². The lowest BCUT2D eigenvalue weighted by Crippen LogP contribution is -2.27. The molecule has 5 aromatic rings. The fourth-order valence-electron chi connectivity index (χ4n) is 4.18. The maximum Gasteiger partial charge on any atom is 0.206 e. The third-order valence-corrected chi connectivity index (χ3v) is 6.84. The van der Waals surface area contributed by atoms with Crippen molar-refractivity contribution >= 4 is 38.5 Å². The number of nitrogens with zero attached hydrogens (tertiary/aromatic N) is 4. The quantitative estimate of drug-likeness (QED) is 0.240. The van der Waals surface area contributed by atoms with Gasteiger partial charge in [-0.25, -0.2) is 4.98 Å². The highest BCUT2D eigenvalue weighted by Gasteiger charge is 2.18. The molecule has 34 heavy (non-hydrogen) atoms. The number of fused-ring (bicyclic) bond motifs is 3. The summed E-state index contributed by atoms with van der Waals surface area (Å²) in [6.07, 6.45) is 2.78. The summed E-state index contributed by atoms with van der Waals surface area (Å²) in [6.45, 7) is 2.90. The van der Waals surface area contributed by atoms with Gasteiger partial charge in [-0.1, -0.05) is 42.5 Å². The summed E-state index contributed by atoms with van der Waals surface area (Å²) >= 11 is 1.71. The predicted molar refractivity (Wildman–Crippen MR) is 139 cm³/mol. The van der Waals surface area contributed by atoms with Crippen LogP contribution in [0.3, 0.4) is 0 Å². The minimum Gasteiger partial charge on any atom is -0.497 e. The van der Waals surface area contributed by atoms with Crippen molar-refractivity contribution in [3.63, 3.8) is 0 Å². The smallest absolute Gasteiger partial charge is 0.206 e. The van der Waals surface area contributed by atoms with Gasteiger partial charge >= 0.3 is 0 Å². The van der Waals surface area contributed by atoms with Crippen molar-refractivity contribution in [3.05, 3.63) is 83.4 Å². The molecule has 0 atom stereocenters. The highest BCUT2D eigenvalue weighted by Crippen LogP contribution is 2.31. The Kier molecular flexibility index (Phi) is 6.74. The molecule has 0 spiro atoms. The monoisotopic (exact) mass is 472 g/mol. The van der Waals surface area contributed by atoms with Crippen LogP contribution in [-0.4, -0.2) is 34.8 Å². The number of aryl methyl sites for hydroxylation is 1. The Bertz CT molecular complexity index is 1360. The van der Waals surface area contributed by atoms with E-state index in [0.29, 0.717) is 13.2 Å². The number of hydrogen-bond donors (Lipinski definition) is 0. The van der Waals surface area contributed by atoms with Gasteiger partial charge < -0.3 is 18.9 Å². The minimum atomic E-state index is 0.633. The van der Waals surface area contributed by atoms with Crippen molar-refractivity contribution in [1.82, 2.24) is 14.5 Å². The molecule has 3 aromatic heterocycles. The van der Waals surface area contributed by atoms with Gasteiger partial charge in [-0.3, -0.25) is 4.98 Å². The molecule has 174 valence electrons. The predicted octanol–water partition coefficient (Wildman–Crippen LogP) is 5.81. The molecule has 0 unspecified atom stereocenters. The van der Waals surface area contributed by atoms with Gasteiger partial charge in [-0.15, -0.1) is 11.3 Å². The molecule has 0 N–H and O–H groups in total. The summed E-state index contributed by atoms with van der Waals surface area (Å²) in [5, 5.41) is 2.09. The first kappa shape index (κ1) is 22.4. The average Bonchev–Trinajstić information content (AvgIpc) is 3.48. The fourth-order valence-corrected chi connectivity index (χ4v) is 5.11. The second-order valence-corrected chi connectivity index (χ2v) is 9.18. The van der Waals surface area contributed by atoms with E-state index in [9.17, 15) is 0 Å². The van der Waals surface area contributed by atoms with Crippen LogP contribution < -0.4 is 9.64 Å². The Morgan fingerprint density at radius 3 is 2.59 bits per heavy atom. The van der Waals surface area contributed by atoms with Crippen LogP contribution in [0.15, 0.2) is 72.2 Å². The number of thiophene rings is 1. The molecule has 0 saturated heterocycles. The summed E-state index contributed by atoms with van der Waals surface area (Å²) in [6, 6.07) is 20.6. The van der Waals surface area contributed by atoms with Crippen molar-refractivity contribution < 1.29 is 9.47 Å². The van der Waals surface area contributed by atoms with Crippen molar-refractivity contribution in [2.24, 2.45) is 7.05 Å². The van der Waals surface area contributed by atoms with Gasteiger partial charge in [0.05, 0.1) is 35.6 Å². The van der Waals surface area contributed by atoms with Crippen LogP contribution in [0.5, 0.6) is 5.75 Å². The number of methoxy groups -OCH3 is 1. The Balaban J connectivity index is 1.36. The zero-order chi connectivity index (χ0) is 23.3. The molecule has 0 aliphatic rings. The first-order chi connectivity index (χ1) is 16.7. The van der Waals surface area contributed by atoms with E-state index in [2.05, 4.69) is 57.2 Å². The van der Waals surface area contributed by atoms with Crippen molar-refractivity contribution in [3.8, 4) is 5.75 Å². The first-order valence-corrected chi connectivity index (χ1v) is 12.3. The van der Waals surface area contributed by atoms with E-state index in [-0.39, 0.29) is 0 Å². The number of imidazole rings is 1. The molecule has 0 amide bonds. The van der Waals surface area contributed by atoms with E-state index >= 15 is 0 Å². The van der Waals surface area contributed by atoms with E-state index in [1.54, 1.807) is 18.4 Å². The molecule has 7 heteroatoms. The summed E-state index contributed by atoms with van der Waals surface area (Å²) in [4.78, 5) is 11.9. The molecular formula is C27H28N4O2S. The van der Waals surface area contributed by atoms with Gasteiger partial charge in [0.2, 0.25) is 5.95 Å². The lowest BCUT2D eigenvalue weighted by atomic mass is 10.2. The third-order valence-electron chi connectivity index (χ3n) is 5.93. The summed E-state index contributed by atoms with van der Waals surface area (Å²) in [5.41, 5.74) is 5.48. The Morgan fingerprint density at radius 2 is 1.79 bits per heavy atom. The van der Waals surface area contributed by atoms with Crippen LogP contribution in [0.1, 0.15) is 17.5 Å². The van der Waals surface area contributed by atoms with E-state index in [1.807, 2.05) is 36.5 Å². The molecule has 0 fully saturated rings. The molecule has 5 rings (SSSR count). The number of pyridine rings is 1. The molecule has 0 radical (unpaired) electrons. The number of aromatic nitrogens is 3. The summed E-state index contributed by atoms with van der Waals surface area (Å²) in [5.74, 6) is 1.80. The summed E-state index contributed by atoms with van der Waals surface area (Å²) < 4.78 is 14.6. The first-order valence-electron chi connectivity index (χ1n) is 11.4. The topological polar surface area (TPSA) is 52.4 Å². The maximum atomic E-state index is 5.94. The van der Waals surface area contributed by atoms with Crippen LogP contribution in [0, 0.1) is 0 Å².